The zero-order valence-corrected chi connectivity index (χ0v) is 11.0. The molecule has 5 nitrogen and oxygen atoms in total. The second-order valence-corrected chi connectivity index (χ2v) is 3.94. The summed E-state index contributed by atoms with van der Waals surface area (Å²) in [5.74, 6) is -0.464. The van der Waals surface area contributed by atoms with Gasteiger partial charge in [0.05, 0.1) is 18.4 Å². The molecular formula is C14H13N3O2. The normalized spacial score (nSPS) is 8.89. The van der Waals surface area contributed by atoms with Crippen LogP contribution in [0.1, 0.15) is 15.9 Å². The highest BCUT2D eigenvalue weighted by Crippen LogP contribution is 2.22. The maximum absolute atomic E-state index is 11.7. The Balaban J connectivity index is 3.36. The van der Waals surface area contributed by atoms with Crippen molar-refractivity contribution in [3.05, 3.63) is 34.9 Å². The van der Waals surface area contributed by atoms with Gasteiger partial charge in [0.2, 0.25) is 0 Å². The summed E-state index contributed by atoms with van der Waals surface area (Å²) < 4.78 is 4.72. The molecule has 0 heterocycles. The Morgan fingerprint density at radius 2 is 1.95 bits per heavy atom. The topological polar surface area (TPSA) is 77.1 Å². The summed E-state index contributed by atoms with van der Waals surface area (Å²) in [6, 6.07) is 8.61. The van der Waals surface area contributed by atoms with Crippen molar-refractivity contribution < 1.29 is 9.53 Å². The highest BCUT2D eigenvalue weighted by atomic mass is 16.5. The molecule has 0 amide bonds. The van der Waals surface area contributed by atoms with E-state index >= 15 is 0 Å². The summed E-state index contributed by atoms with van der Waals surface area (Å²) in [7, 11) is 4.93. The van der Waals surface area contributed by atoms with Gasteiger partial charge in [-0.2, -0.15) is 10.5 Å². The molecule has 0 aliphatic heterocycles. The van der Waals surface area contributed by atoms with Crippen molar-refractivity contribution in [2.24, 2.45) is 0 Å². The lowest BCUT2D eigenvalue weighted by Crippen LogP contribution is -2.14. The van der Waals surface area contributed by atoms with Gasteiger partial charge in [-0.3, -0.25) is 0 Å². The van der Waals surface area contributed by atoms with Crippen LogP contribution in [0.4, 0.5) is 5.69 Å². The minimum atomic E-state index is -0.464. The second-order valence-electron chi connectivity index (χ2n) is 3.94. The first-order chi connectivity index (χ1) is 9.03. The number of carbonyl (C=O) groups is 1. The molecule has 0 saturated heterocycles. The number of methoxy groups -OCH3 is 1. The van der Waals surface area contributed by atoms with Gasteiger partial charge in [0.1, 0.15) is 17.7 Å². The van der Waals surface area contributed by atoms with E-state index in [2.05, 4.69) is 0 Å². The Kier molecular flexibility index (Phi) is 4.68. The molecule has 1 rings (SSSR count). The van der Waals surface area contributed by atoms with Gasteiger partial charge in [-0.25, -0.2) is 4.79 Å². The standard InChI is InChI=1S/C14H13N3O2/c1-17(2)13-5-4-10(6-11(8-15)9-16)7-12(13)14(18)19-3/h4-7H,1-3H3. The van der Waals surface area contributed by atoms with Crippen molar-refractivity contribution in [2.75, 3.05) is 26.1 Å². The predicted octanol–water partition coefficient (Wildman–Crippen LogP) is 1.97. The van der Waals surface area contributed by atoms with Gasteiger partial charge >= 0.3 is 5.97 Å². The zero-order valence-electron chi connectivity index (χ0n) is 11.0. The quantitative estimate of drug-likeness (QED) is 0.609. The molecule has 5 heteroatoms. The second kappa shape index (κ2) is 6.23. The number of benzene rings is 1. The lowest BCUT2D eigenvalue weighted by atomic mass is 10.1. The van der Waals surface area contributed by atoms with Crippen LogP contribution in [0.2, 0.25) is 0 Å². The Labute approximate surface area is 111 Å². The molecule has 1 aromatic carbocycles. The number of anilines is 1. The molecule has 0 bridgehead atoms. The van der Waals surface area contributed by atoms with E-state index < -0.39 is 5.97 Å². The highest BCUT2D eigenvalue weighted by molar-refractivity contribution is 5.96. The van der Waals surface area contributed by atoms with E-state index in [4.69, 9.17) is 15.3 Å². The minimum absolute atomic E-state index is 0.0200. The monoisotopic (exact) mass is 255 g/mol. The van der Waals surface area contributed by atoms with E-state index in [1.807, 2.05) is 14.1 Å². The average Bonchev–Trinajstić information content (AvgIpc) is 2.43. The van der Waals surface area contributed by atoms with Crippen LogP contribution in [0.3, 0.4) is 0 Å². The summed E-state index contributed by atoms with van der Waals surface area (Å²) in [5, 5.41) is 17.4. The molecule has 0 aromatic heterocycles. The molecule has 0 saturated carbocycles. The molecule has 1 aromatic rings. The predicted molar refractivity (Wildman–Crippen MR) is 71.3 cm³/mol. The fourth-order valence-corrected chi connectivity index (χ4v) is 1.56. The molecule has 0 fully saturated rings. The van der Waals surface area contributed by atoms with Crippen LogP contribution in [-0.2, 0) is 4.74 Å². The van der Waals surface area contributed by atoms with E-state index in [0.717, 1.165) is 0 Å². The van der Waals surface area contributed by atoms with Crippen molar-refractivity contribution >= 4 is 17.7 Å². The summed E-state index contributed by atoms with van der Waals surface area (Å²) in [6.07, 6.45) is 1.42. The first-order valence-electron chi connectivity index (χ1n) is 5.45. The molecule has 0 radical (unpaired) electrons. The third-order valence-electron chi connectivity index (χ3n) is 2.46. The number of ether oxygens (including phenoxy) is 1. The lowest BCUT2D eigenvalue weighted by molar-refractivity contribution is 0.0601. The van der Waals surface area contributed by atoms with Crippen molar-refractivity contribution in [3.63, 3.8) is 0 Å². The van der Waals surface area contributed by atoms with Gasteiger partial charge < -0.3 is 9.64 Å². The zero-order chi connectivity index (χ0) is 14.4. The Bertz CT molecular complexity index is 588. The van der Waals surface area contributed by atoms with Crippen LogP contribution in [0, 0.1) is 22.7 Å². The van der Waals surface area contributed by atoms with Gasteiger partial charge in [-0.1, -0.05) is 6.07 Å². The van der Waals surface area contributed by atoms with E-state index in [1.165, 1.54) is 13.2 Å². The first-order valence-corrected chi connectivity index (χ1v) is 5.45. The molecule has 96 valence electrons. The number of hydrogen-bond acceptors (Lipinski definition) is 5. The molecule has 0 unspecified atom stereocenters. The number of nitriles is 2. The van der Waals surface area contributed by atoms with Gasteiger partial charge in [0.25, 0.3) is 0 Å². The van der Waals surface area contributed by atoms with E-state index in [0.29, 0.717) is 16.8 Å². The third kappa shape index (κ3) is 3.34. The van der Waals surface area contributed by atoms with Gasteiger partial charge in [0, 0.05) is 14.1 Å². The molecule has 0 aliphatic carbocycles. The summed E-state index contributed by atoms with van der Waals surface area (Å²) in [4.78, 5) is 13.5. The van der Waals surface area contributed by atoms with E-state index in [9.17, 15) is 4.79 Å². The number of allylic oxidation sites excluding steroid dienone is 1. The van der Waals surface area contributed by atoms with Gasteiger partial charge in [-0.05, 0) is 23.8 Å². The number of rotatable bonds is 3. The number of esters is 1. The van der Waals surface area contributed by atoms with Gasteiger partial charge in [-0.15, -0.1) is 0 Å². The third-order valence-corrected chi connectivity index (χ3v) is 2.46. The Hall–Kier alpha value is -2.79. The minimum Gasteiger partial charge on any atom is -0.465 e. The van der Waals surface area contributed by atoms with Crippen LogP contribution in [-0.4, -0.2) is 27.2 Å². The Morgan fingerprint density at radius 3 is 2.42 bits per heavy atom. The summed E-state index contributed by atoms with van der Waals surface area (Å²) >= 11 is 0. The maximum atomic E-state index is 11.7. The largest absolute Gasteiger partial charge is 0.465 e. The number of carbonyl (C=O) groups excluding carboxylic acids is 1. The van der Waals surface area contributed by atoms with Gasteiger partial charge in [0.15, 0.2) is 0 Å². The van der Waals surface area contributed by atoms with E-state index in [-0.39, 0.29) is 5.57 Å². The SMILES string of the molecule is COC(=O)c1cc(C=C(C#N)C#N)ccc1N(C)C. The van der Waals surface area contributed by atoms with Crippen molar-refractivity contribution in [2.45, 2.75) is 0 Å². The molecule has 0 atom stereocenters. The van der Waals surface area contributed by atoms with Crippen LogP contribution in [0.25, 0.3) is 6.08 Å². The highest BCUT2D eigenvalue weighted by Gasteiger charge is 2.13. The van der Waals surface area contributed by atoms with Crippen LogP contribution < -0.4 is 4.90 Å². The van der Waals surface area contributed by atoms with Crippen molar-refractivity contribution in [1.82, 2.24) is 0 Å². The summed E-state index contributed by atoms with van der Waals surface area (Å²) in [5.41, 5.74) is 1.67. The molecule has 0 N–H and O–H groups in total. The van der Waals surface area contributed by atoms with Crippen molar-refractivity contribution in [1.29, 1.82) is 10.5 Å². The average molecular weight is 255 g/mol. The van der Waals surface area contributed by atoms with Crippen LogP contribution in [0.15, 0.2) is 23.8 Å². The molecule has 19 heavy (non-hydrogen) atoms. The van der Waals surface area contributed by atoms with Crippen LogP contribution in [0.5, 0.6) is 0 Å². The van der Waals surface area contributed by atoms with Crippen molar-refractivity contribution in [3.8, 4) is 12.1 Å². The Morgan fingerprint density at radius 1 is 1.32 bits per heavy atom. The maximum Gasteiger partial charge on any atom is 0.339 e. The lowest BCUT2D eigenvalue weighted by Gasteiger charge is -2.16. The molecular weight excluding hydrogens is 242 g/mol. The smallest absolute Gasteiger partial charge is 0.339 e. The van der Waals surface area contributed by atoms with Crippen LogP contribution >= 0.6 is 0 Å². The fourth-order valence-electron chi connectivity index (χ4n) is 1.56. The number of nitrogens with zero attached hydrogens (tertiary/aromatic N) is 3. The first kappa shape index (κ1) is 14.3. The van der Waals surface area contributed by atoms with E-state index in [1.54, 1.807) is 35.2 Å². The number of hydrogen-bond donors (Lipinski definition) is 0. The molecule has 0 spiro atoms. The summed E-state index contributed by atoms with van der Waals surface area (Å²) in [6.45, 7) is 0. The fraction of sp³-hybridized carbons (Fsp3) is 0.214. The molecule has 0 aliphatic rings.